The van der Waals surface area contributed by atoms with Crippen LogP contribution in [-0.4, -0.2) is 59.5 Å². The summed E-state index contributed by atoms with van der Waals surface area (Å²) in [6.07, 6.45) is 6.43. The number of piperidine rings is 4. The topological polar surface area (TPSA) is 39.1 Å². The normalized spacial score (nSPS) is 40.9. The first-order chi connectivity index (χ1) is 8.38. The van der Waals surface area contributed by atoms with Gasteiger partial charge in [-0.1, -0.05) is 11.6 Å². The lowest BCUT2D eigenvalue weighted by molar-refractivity contribution is 0.100. The van der Waals surface area contributed by atoms with E-state index >= 15 is 0 Å². The van der Waals surface area contributed by atoms with E-state index in [2.05, 4.69) is 15.0 Å². The zero-order valence-electron chi connectivity index (χ0n) is 10.5. The summed E-state index contributed by atoms with van der Waals surface area (Å²) in [6.45, 7) is 5.93. The molecule has 4 heterocycles. The highest BCUT2D eigenvalue weighted by molar-refractivity contribution is 5.92. The minimum Gasteiger partial charge on any atom is -0.411 e. The minimum absolute atomic E-state index is 0.394. The molecule has 17 heavy (non-hydrogen) atoms. The Morgan fingerprint density at radius 3 is 2.41 bits per heavy atom. The van der Waals surface area contributed by atoms with E-state index in [1.807, 2.05) is 0 Å². The first-order valence-electron chi connectivity index (χ1n) is 7.07. The Morgan fingerprint density at radius 2 is 1.76 bits per heavy atom. The molecule has 4 nitrogen and oxygen atoms in total. The van der Waals surface area contributed by atoms with Gasteiger partial charge in [-0.05, 0) is 51.9 Å². The zero-order valence-corrected chi connectivity index (χ0v) is 10.5. The number of rotatable bonds is 2. The van der Waals surface area contributed by atoms with Crippen LogP contribution < -0.4 is 0 Å². The van der Waals surface area contributed by atoms with E-state index in [0.717, 1.165) is 12.3 Å². The summed E-state index contributed by atoms with van der Waals surface area (Å²) >= 11 is 0. The molecule has 1 atom stereocenters. The summed E-state index contributed by atoms with van der Waals surface area (Å²) in [7, 11) is 0. The van der Waals surface area contributed by atoms with Crippen molar-refractivity contribution < 1.29 is 5.21 Å². The summed E-state index contributed by atoms with van der Waals surface area (Å²) in [5.74, 6) is 0.555. The maximum absolute atomic E-state index is 9.26. The number of oxime groups is 1. The van der Waals surface area contributed by atoms with E-state index in [-0.39, 0.29) is 0 Å². The Labute approximate surface area is 103 Å². The fourth-order valence-corrected chi connectivity index (χ4v) is 3.71. The fourth-order valence-electron chi connectivity index (χ4n) is 3.71. The molecular formula is C13H23N3O. The molecule has 2 bridgehead atoms. The van der Waals surface area contributed by atoms with Crippen molar-refractivity contribution in [2.24, 2.45) is 11.1 Å². The predicted octanol–water partition coefficient (Wildman–Crippen LogP) is 1.40. The third kappa shape index (κ3) is 2.20. The Morgan fingerprint density at radius 1 is 1.06 bits per heavy atom. The van der Waals surface area contributed by atoms with Gasteiger partial charge in [-0.15, -0.1) is 0 Å². The summed E-state index contributed by atoms with van der Waals surface area (Å²) < 4.78 is 0. The second-order valence-corrected chi connectivity index (χ2v) is 5.71. The van der Waals surface area contributed by atoms with Crippen LogP contribution in [0.5, 0.6) is 0 Å². The molecule has 4 heteroatoms. The van der Waals surface area contributed by atoms with E-state index in [9.17, 15) is 5.21 Å². The van der Waals surface area contributed by atoms with E-state index in [0.29, 0.717) is 12.0 Å². The summed E-state index contributed by atoms with van der Waals surface area (Å²) in [5.41, 5.74) is 1.06. The average molecular weight is 237 g/mol. The van der Waals surface area contributed by atoms with E-state index < -0.39 is 0 Å². The molecule has 0 spiro atoms. The van der Waals surface area contributed by atoms with Crippen LogP contribution in [0.4, 0.5) is 0 Å². The molecule has 96 valence electrons. The SMILES string of the molecule is ON=C1C2CCN(CC2)C1CN1CCCCC1. The van der Waals surface area contributed by atoms with Gasteiger partial charge in [0, 0.05) is 12.5 Å². The molecule has 0 aliphatic carbocycles. The molecule has 4 saturated heterocycles. The third-order valence-corrected chi connectivity index (χ3v) is 4.73. The second kappa shape index (κ2) is 4.94. The van der Waals surface area contributed by atoms with Crippen molar-refractivity contribution in [3.63, 3.8) is 0 Å². The molecule has 0 aromatic heterocycles. The molecule has 1 N–H and O–H groups in total. The molecule has 0 amide bonds. The first-order valence-corrected chi connectivity index (χ1v) is 7.07. The van der Waals surface area contributed by atoms with Crippen LogP contribution in [0.15, 0.2) is 5.16 Å². The summed E-state index contributed by atoms with van der Waals surface area (Å²) in [4.78, 5) is 5.07. The monoisotopic (exact) mass is 237 g/mol. The predicted molar refractivity (Wildman–Crippen MR) is 67.6 cm³/mol. The smallest absolute Gasteiger partial charge is 0.0786 e. The van der Waals surface area contributed by atoms with Gasteiger partial charge >= 0.3 is 0 Å². The molecule has 4 aliphatic rings. The van der Waals surface area contributed by atoms with E-state index in [4.69, 9.17) is 0 Å². The van der Waals surface area contributed by atoms with Gasteiger partial charge in [-0.25, -0.2) is 0 Å². The largest absolute Gasteiger partial charge is 0.411 e. The molecule has 0 aromatic rings. The lowest BCUT2D eigenvalue weighted by Crippen LogP contribution is -2.59. The minimum atomic E-state index is 0.394. The Balaban J connectivity index is 1.68. The van der Waals surface area contributed by atoms with Crippen molar-refractivity contribution in [1.82, 2.24) is 9.80 Å². The average Bonchev–Trinajstić information content (AvgIpc) is 2.41. The second-order valence-electron chi connectivity index (χ2n) is 5.71. The fraction of sp³-hybridized carbons (Fsp3) is 0.923. The van der Waals surface area contributed by atoms with Gasteiger partial charge in [0.05, 0.1) is 11.8 Å². The van der Waals surface area contributed by atoms with Gasteiger partial charge < -0.3 is 10.1 Å². The highest BCUT2D eigenvalue weighted by Gasteiger charge is 2.40. The van der Waals surface area contributed by atoms with Crippen LogP contribution in [0.1, 0.15) is 32.1 Å². The van der Waals surface area contributed by atoms with Gasteiger partial charge in [0.25, 0.3) is 0 Å². The van der Waals surface area contributed by atoms with Crippen molar-refractivity contribution >= 4 is 5.71 Å². The van der Waals surface area contributed by atoms with Crippen LogP contribution in [0.3, 0.4) is 0 Å². The van der Waals surface area contributed by atoms with Crippen LogP contribution >= 0.6 is 0 Å². The summed E-state index contributed by atoms with van der Waals surface area (Å²) in [6, 6.07) is 0.394. The van der Waals surface area contributed by atoms with E-state index in [1.54, 1.807) is 0 Å². The third-order valence-electron chi connectivity index (χ3n) is 4.73. The molecule has 4 aliphatic heterocycles. The van der Waals surface area contributed by atoms with Crippen molar-refractivity contribution in [2.75, 3.05) is 32.7 Å². The first kappa shape index (κ1) is 11.5. The molecule has 0 radical (unpaired) electrons. The number of hydrogen-bond acceptors (Lipinski definition) is 4. The standard InChI is InChI=1S/C13H23N3O/c17-14-13-11-4-8-16(9-5-11)12(13)10-15-6-2-1-3-7-15/h11-12,17H,1-10H2. The van der Waals surface area contributed by atoms with Crippen LogP contribution in [-0.2, 0) is 0 Å². The van der Waals surface area contributed by atoms with Crippen molar-refractivity contribution in [2.45, 2.75) is 38.1 Å². The van der Waals surface area contributed by atoms with Gasteiger partial charge in [-0.3, -0.25) is 4.90 Å². The molecular weight excluding hydrogens is 214 g/mol. The van der Waals surface area contributed by atoms with Crippen LogP contribution in [0, 0.1) is 5.92 Å². The van der Waals surface area contributed by atoms with Crippen molar-refractivity contribution in [1.29, 1.82) is 0 Å². The Bertz CT molecular complexity index is 291. The van der Waals surface area contributed by atoms with Crippen LogP contribution in [0.25, 0.3) is 0 Å². The highest BCUT2D eigenvalue weighted by atomic mass is 16.4. The van der Waals surface area contributed by atoms with Gasteiger partial charge in [0.2, 0.25) is 0 Å². The zero-order chi connectivity index (χ0) is 11.7. The molecule has 0 saturated carbocycles. The maximum atomic E-state index is 9.26. The number of fused-ring (bicyclic) bond motifs is 3. The van der Waals surface area contributed by atoms with Gasteiger partial charge in [0.15, 0.2) is 0 Å². The van der Waals surface area contributed by atoms with Crippen molar-refractivity contribution in [3.05, 3.63) is 0 Å². The van der Waals surface area contributed by atoms with Gasteiger partial charge in [-0.2, -0.15) is 0 Å². The molecule has 0 aromatic carbocycles. The highest BCUT2D eigenvalue weighted by Crippen LogP contribution is 2.30. The molecule has 4 fully saturated rings. The van der Waals surface area contributed by atoms with E-state index in [1.165, 1.54) is 58.3 Å². The molecule has 4 rings (SSSR count). The van der Waals surface area contributed by atoms with Crippen molar-refractivity contribution in [3.8, 4) is 0 Å². The number of likely N-dealkylation sites (tertiary alicyclic amines) is 1. The lowest BCUT2D eigenvalue weighted by atomic mass is 9.81. The Kier molecular flexibility index (Phi) is 3.34. The number of hydrogen-bond donors (Lipinski definition) is 1. The molecule has 1 unspecified atom stereocenters. The quantitative estimate of drug-likeness (QED) is 0.583. The van der Waals surface area contributed by atoms with Gasteiger partial charge in [0.1, 0.15) is 0 Å². The van der Waals surface area contributed by atoms with Crippen LogP contribution in [0.2, 0.25) is 0 Å². The lowest BCUT2D eigenvalue weighted by Gasteiger charge is -2.47. The maximum Gasteiger partial charge on any atom is 0.0786 e. The Hall–Kier alpha value is -0.610. The number of nitrogens with zero attached hydrogens (tertiary/aromatic N) is 3. The summed E-state index contributed by atoms with van der Waals surface area (Å²) in [5, 5.41) is 12.9.